The maximum absolute atomic E-state index is 11.0. The molecule has 3 N–H and O–H groups in total. The van der Waals surface area contributed by atoms with E-state index >= 15 is 0 Å². The Morgan fingerprint density at radius 1 is 1.65 bits per heavy atom. The molecule has 2 rings (SSSR count). The van der Waals surface area contributed by atoms with Crippen molar-refractivity contribution >= 4 is 29.0 Å². The SMILES string of the molecule is CC(=O)NC1CCN(c2cc(N)cc(Cl)n2)C1. The van der Waals surface area contributed by atoms with E-state index in [1.165, 1.54) is 6.92 Å². The molecule has 6 heteroatoms. The van der Waals surface area contributed by atoms with Crippen molar-refractivity contribution in [3.05, 3.63) is 17.3 Å². The van der Waals surface area contributed by atoms with Gasteiger partial charge in [-0.1, -0.05) is 11.6 Å². The first-order valence-electron chi connectivity index (χ1n) is 5.49. The van der Waals surface area contributed by atoms with Crippen LogP contribution in [0.5, 0.6) is 0 Å². The lowest BCUT2D eigenvalue weighted by Crippen LogP contribution is -2.35. The summed E-state index contributed by atoms with van der Waals surface area (Å²) in [6.45, 7) is 3.11. The number of nitrogen functional groups attached to an aromatic ring is 1. The van der Waals surface area contributed by atoms with Crippen LogP contribution in [0, 0.1) is 0 Å². The highest BCUT2D eigenvalue weighted by Crippen LogP contribution is 2.23. The van der Waals surface area contributed by atoms with Gasteiger partial charge in [0.2, 0.25) is 5.91 Å². The van der Waals surface area contributed by atoms with Crippen LogP contribution in [0.15, 0.2) is 12.1 Å². The summed E-state index contributed by atoms with van der Waals surface area (Å²) in [5.41, 5.74) is 6.32. The predicted molar refractivity (Wildman–Crippen MR) is 68.1 cm³/mol. The Hall–Kier alpha value is -1.49. The standard InChI is InChI=1S/C11H15ClN4O/c1-7(17)14-9-2-3-16(6-9)11-5-8(13)4-10(12)15-11/h4-5,9H,2-3,6H2,1H3,(H2,13,15)(H,14,17). The molecule has 0 saturated carbocycles. The van der Waals surface area contributed by atoms with Gasteiger partial charge in [-0.15, -0.1) is 0 Å². The highest BCUT2D eigenvalue weighted by Gasteiger charge is 2.24. The second kappa shape index (κ2) is 4.79. The number of amides is 1. The minimum Gasteiger partial charge on any atom is -0.399 e. The lowest BCUT2D eigenvalue weighted by molar-refractivity contribution is -0.119. The highest BCUT2D eigenvalue weighted by atomic mass is 35.5. The topological polar surface area (TPSA) is 71.2 Å². The molecule has 0 spiro atoms. The molecule has 1 unspecified atom stereocenters. The van der Waals surface area contributed by atoms with Gasteiger partial charge < -0.3 is 16.0 Å². The molecule has 0 radical (unpaired) electrons. The predicted octanol–water partition coefficient (Wildman–Crippen LogP) is 1.03. The Morgan fingerprint density at radius 3 is 3.06 bits per heavy atom. The zero-order valence-corrected chi connectivity index (χ0v) is 10.4. The summed E-state index contributed by atoms with van der Waals surface area (Å²) < 4.78 is 0. The van der Waals surface area contributed by atoms with Crippen LogP contribution in [0.2, 0.25) is 5.15 Å². The van der Waals surface area contributed by atoms with Gasteiger partial charge in [-0.05, 0) is 12.5 Å². The summed E-state index contributed by atoms with van der Waals surface area (Å²) in [5.74, 6) is 0.762. The summed E-state index contributed by atoms with van der Waals surface area (Å²) in [6, 6.07) is 3.59. The van der Waals surface area contributed by atoms with Crippen molar-refractivity contribution in [3.8, 4) is 0 Å². The van der Waals surface area contributed by atoms with Gasteiger partial charge >= 0.3 is 0 Å². The molecule has 1 aromatic rings. The van der Waals surface area contributed by atoms with E-state index in [0.29, 0.717) is 10.8 Å². The number of nitrogens with two attached hydrogens (primary N) is 1. The van der Waals surface area contributed by atoms with Crippen LogP contribution in [0.4, 0.5) is 11.5 Å². The fourth-order valence-corrected chi connectivity index (χ4v) is 2.25. The van der Waals surface area contributed by atoms with Crippen LogP contribution in [0.1, 0.15) is 13.3 Å². The molecule has 0 aliphatic carbocycles. The summed E-state index contributed by atoms with van der Waals surface area (Å²) in [5, 5.41) is 3.29. The van der Waals surface area contributed by atoms with Gasteiger partial charge in [0, 0.05) is 37.8 Å². The molecule has 1 fully saturated rings. The third kappa shape index (κ3) is 3.00. The first-order valence-corrected chi connectivity index (χ1v) is 5.87. The van der Waals surface area contributed by atoms with Crippen LogP contribution >= 0.6 is 11.6 Å². The molecule has 1 saturated heterocycles. The molecule has 1 amide bonds. The quantitative estimate of drug-likeness (QED) is 0.774. The molecular formula is C11H15ClN4O. The number of rotatable bonds is 2. The van der Waals surface area contributed by atoms with E-state index in [9.17, 15) is 4.79 Å². The fourth-order valence-electron chi connectivity index (χ4n) is 2.04. The Morgan fingerprint density at radius 2 is 2.41 bits per heavy atom. The van der Waals surface area contributed by atoms with E-state index in [2.05, 4.69) is 15.2 Å². The number of halogens is 1. The molecule has 17 heavy (non-hydrogen) atoms. The van der Waals surface area contributed by atoms with E-state index in [-0.39, 0.29) is 11.9 Å². The second-order valence-corrected chi connectivity index (χ2v) is 4.60. The number of nitrogens with zero attached hydrogens (tertiary/aromatic N) is 2. The van der Waals surface area contributed by atoms with Gasteiger partial charge in [-0.25, -0.2) is 4.98 Å². The zero-order chi connectivity index (χ0) is 12.4. The average molecular weight is 255 g/mol. The number of carbonyl (C=O) groups is 1. The third-order valence-electron chi connectivity index (χ3n) is 2.72. The Kier molecular flexibility index (Phi) is 3.38. The van der Waals surface area contributed by atoms with Crippen molar-refractivity contribution in [2.24, 2.45) is 0 Å². The molecular weight excluding hydrogens is 240 g/mol. The van der Waals surface area contributed by atoms with E-state index < -0.39 is 0 Å². The van der Waals surface area contributed by atoms with Crippen LogP contribution in [0.3, 0.4) is 0 Å². The first kappa shape index (κ1) is 12.0. The van der Waals surface area contributed by atoms with E-state index in [1.807, 2.05) is 0 Å². The third-order valence-corrected chi connectivity index (χ3v) is 2.92. The molecule has 92 valence electrons. The smallest absolute Gasteiger partial charge is 0.217 e. The number of nitrogens with one attached hydrogen (secondary N) is 1. The monoisotopic (exact) mass is 254 g/mol. The maximum atomic E-state index is 11.0. The molecule has 1 aromatic heterocycles. The summed E-state index contributed by atoms with van der Waals surface area (Å²) >= 11 is 5.86. The summed E-state index contributed by atoms with van der Waals surface area (Å²) in [4.78, 5) is 17.3. The second-order valence-electron chi connectivity index (χ2n) is 4.21. The molecule has 2 heterocycles. The van der Waals surface area contributed by atoms with Crippen molar-refractivity contribution in [2.75, 3.05) is 23.7 Å². The average Bonchev–Trinajstić information content (AvgIpc) is 2.63. The number of carbonyl (C=O) groups excluding carboxylic acids is 1. The normalized spacial score (nSPS) is 19.4. The van der Waals surface area contributed by atoms with Crippen LogP contribution in [-0.4, -0.2) is 30.0 Å². The van der Waals surface area contributed by atoms with Crippen LogP contribution in [-0.2, 0) is 4.79 Å². The van der Waals surface area contributed by atoms with E-state index in [0.717, 1.165) is 25.3 Å². The fraction of sp³-hybridized carbons (Fsp3) is 0.455. The van der Waals surface area contributed by atoms with Crippen LogP contribution in [0.25, 0.3) is 0 Å². The number of aromatic nitrogens is 1. The Bertz CT molecular complexity index is 417. The van der Waals surface area contributed by atoms with Gasteiger partial charge in [-0.3, -0.25) is 4.79 Å². The molecule has 1 aliphatic rings. The Balaban J connectivity index is 2.07. The molecule has 1 aliphatic heterocycles. The maximum Gasteiger partial charge on any atom is 0.217 e. The minimum absolute atomic E-state index is 0.00424. The van der Waals surface area contributed by atoms with E-state index in [1.54, 1.807) is 12.1 Å². The number of hydrogen-bond acceptors (Lipinski definition) is 4. The zero-order valence-electron chi connectivity index (χ0n) is 9.61. The number of pyridine rings is 1. The molecule has 5 nitrogen and oxygen atoms in total. The van der Waals surface area contributed by atoms with Crippen molar-refractivity contribution in [2.45, 2.75) is 19.4 Å². The number of anilines is 2. The van der Waals surface area contributed by atoms with Crippen molar-refractivity contribution in [3.63, 3.8) is 0 Å². The molecule has 1 atom stereocenters. The largest absolute Gasteiger partial charge is 0.399 e. The minimum atomic E-state index is -0.00424. The lowest BCUT2D eigenvalue weighted by Gasteiger charge is -2.18. The first-order chi connectivity index (χ1) is 8.04. The van der Waals surface area contributed by atoms with Gasteiger partial charge in [0.05, 0.1) is 0 Å². The Labute approximate surface area is 105 Å². The van der Waals surface area contributed by atoms with E-state index in [4.69, 9.17) is 17.3 Å². The van der Waals surface area contributed by atoms with Crippen molar-refractivity contribution in [1.29, 1.82) is 0 Å². The van der Waals surface area contributed by atoms with Gasteiger partial charge in [0.15, 0.2) is 0 Å². The van der Waals surface area contributed by atoms with Crippen LogP contribution < -0.4 is 16.0 Å². The van der Waals surface area contributed by atoms with Crippen molar-refractivity contribution < 1.29 is 4.79 Å². The summed E-state index contributed by atoms with van der Waals surface area (Å²) in [6.07, 6.45) is 0.910. The summed E-state index contributed by atoms with van der Waals surface area (Å²) in [7, 11) is 0. The highest BCUT2D eigenvalue weighted by molar-refractivity contribution is 6.29. The van der Waals surface area contributed by atoms with Gasteiger partial charge in [0.25, 0.3) is 0 Å². The van der Waals surface area contributed by atoms with Gasteiger partial charge in [0.1, 0.15) is 11.0 Å². The molecule has 0 aromatic carbocycles. The molecule has 0 bridgehead atoms. The lowest BCUT2D eigenvalue weighted by atomic mass is 10.2. The van der Waals surface area contributed by atoms with Gasteiger partial charge in [-0.2, -0.15) is 0 Å². The van der Waals surface area contributed by atoms with Crippen molar-refractivity contribution in [1.82, 2.24) is 10.3 Å². The number of hydrogen-bond donors (Lipinski definition) is 2.